The van der Waals surface area contributed by atoms with Gasteiger partial charge in [-0.1, -0.05) is 33.1 Å². The molecule has 106 valence electrons. The van der Waals surface area contributed by atoms with E-state index in [1.807, 2.05) is 0 Å². The van der Waals surface area contributed by atoms with Crippen LogP contribution in [0.15, 0.2) is 0 Å². The van der Waals surface area contributed by atoms with Crippen LogP contribution in [0.4, 0.5) is 0 Å². The molecule has 2 nitrogen and oxygen atoms in total. The highest BCUT2D eigenvalue weighted by atomic mass is 16.5. The minimum Gasteiger partial charge on any atom is -0.378 e. The minimum atomic E-state index is 0.483. The lowest BCUT2D eigenvalue weighted by atomic mass is 9.55. The van der Waals surface area contributed by atoms with E-state index in [0.29, 0.717) is 17.6 Å². The number of nitrogens with one attached hydrogen (secondary N) is 1. The number of rotatable bonds is 6. The first kappa shape index (κ1) is 14.3. The van der Waals surface area contributed by atoms with Gasteiger partial charge in [0.05, 0.1) is 6.10 Å². The van der Waals surface area contributed by atoms with Crippen LogP contribution < -0.4 is 5.32 Å². The molecule has 0 saturated heterocycles. The van der Waals surface area contributed by atoms with Gasteiger partial charge in [0.2, 0.25) is 0 Å². The van der Waals surface area contributed by atoms with Gasteiger partial charge in [-0.2, -0.15) is 0 Å². The molecule has 0 amide bonds. The van der Waals surface area contributed by atoms with Crippen LogP contribution in [0.2, 0.25) is 0 Å². The van der Waals surface area contributed by atoms with E-state index in [0.717, 1.165) is 12.6 Å². The summed E-state index contributed by atoms with van der Waals surface area (Å²) in [6.45, 7) is 7.61. The number of ether oxygens (including phenoxy) is 1. The Hall–Kier alpha value is -0.0800. The summed E-state index contributed by atoms with van der Waals surface area (Å²) >= 11 is 0. The largest absolute Gasteiger partial charge is 0.378 e. The highest BCUT2D eigenvalue weighted by Gasteiger charge is 2.55. The topological polar surface area (TPSA) is 21.3 Å². The second-order valence-electron chi connectivity index (χ2n) is 6.21. The molecule has 2 saturated carbocycles. The summed E-state index contributed by atoms with van der Waals surface area (Å²) in [4.78, 5) is 0. The quantitative estimate of drug-likeness (QED) is 0.775. The molecule has 2 fully saturated rings. The molecule has 18 heavy (non-hydrogen) atoms. The van der Waals surface area contributed by atoms with Crippen LogP contribution >= 0.6 is 0 Å². The minimum absolute atomic E-state index is 0.483. The Morgan fingerprint density at radius 3 is 2.33 bits per heavy atom. The standard InChI is InChI=1S/C16H31NO/c1-4-13(5-2)17-14-12-15(18-6-3)16(14)10-8-7-9-11-16/h13-15,17H,4-12H2,1-3H3. The molecular formula is C16H31NO. The van der Waals surface area contributed by atoms with E-state index in [2.05, 4.69) is 26.1 Å². The monoisotopic (exact) mass is 253 g/mol. The molecule has 1 spiro atoms. The number of hydrogen-bond acceptors (Lipinski definition) is 2. The molecule has 2 atom stereocenters. The Kier molecular flexibility index (Phi) is 5.08. The van der Waals surface area contributed by atoms with Crippen molar-refractivity contribution in [2.45, 2.75) is 90.3 Å². The van der Waals surface area contributed by atoms with Gasteiger partial charge in [-0.3, -0.25) is 0 Å². The lowest BCUT2D eigenvalue weighted by Gasteiger charge is -2.58. The molecule has 1 N–H and O–H groups in total. The summed E-state index contributed by atoms with van der Waals surface area (Å²) in [5.74, 6) is 0. The zero-order valence-electron chi connectivity index (χ0n) is 12.5. The highest BCUT2D eigenvalue weighted by Crippen LogP contribution is 2.53. The third-order valence-electron chi connectivity index (χ3n) is 5.36. The van der Waals surface area contributed by atoms with Crippen LogP contribution in [0, 0.1) is 5.41 Å². The summed E-state index contributed by atoms with van der Waals surface area (Å²) in [5.41, 5.74) is 0.483. The van der Waals surface area contributed by atoms with E-state index < -0.39 is 0 Å². The summed E-state index contributed by atoms with van der Waals surface area (Å²) in [6.07, 6.45) is 11.3. The van der Waals surface area contributed by atoms with Gasteiger partial charge in [-0.05, 0) is 39.0 Å². The molecule has 2 unspecified atom stereocenters. The summed E-state index contributed by atoms with van der Waals surface area (Å²) < 4.78 is 6.01. The van der Waals surface area contributed by atoms with E-state index in [-0.39, 0.29) is 0 Å². The first-order valence-electron chi connectivity index (χ1n) is 8.14. The summed E-state index contributed by atoms with van der Waals surface area (Å²) in [6, 6.07) is 1.43. The molecule has 0 aromatic carbocycles. The highest BCUT2D eigenvalue weighted by molar-refractivity contribution is 5.09. The van der Waals surface area contributed by atoms with Crippen molar-refractivity contribution in [1.82, 2.24) is 5.32 Å². The fraction of sp³-hybridized carbons (Fsp3) is 1.00. The maximum atomic E-state index is 6.01. The van der Waals surface area contributed by atoms with Crippen LogP contribution in [-0.4, -0.2) is 24.8 Å². The lowest BCUT2D eigenvalue weighted by molar-refractivity contribution is -0.152. The van der Waals surface area contributed by atoms with Crippen LogP contribution in [0.1, 0.15) is 72.1 Å². The fourth-order valence-electron chi connectivity index (χ4n) is 4.11. The summed E-state index contributed by atoms with van der Waals surface area (Å²) in [5, 5.41) is 3.92. The van der Waals surface area contributed by atoms with E-state index in [4.69, 9.17) is 4.74 Å². The van der Waals surface area contributed by atoms with Gasteiger partial charge < -0.3 is 10.1 Å². The van der Waals surface area contributed by atoms with Crippen molar-refractivity contribution in [2.24, 2.45) is 5.41 Å². The van der Waals surface area contributed by atoms with Gasteiger partial charge in [-0.25, -0.2) is 0 Å². The molecule has 0 radical (unpaired) electrons. The average Bonchev–Trinajstić information content (AvgIpc) is 2.43. The van der Waals surface area contributed by atoms with Crippen molar-refractivity contribution in [3.05, 3.63) is 0 Å². The predicted molar refractivity (Wildman–Crippen MR) is 76.8 cm³/mol. The van der Waals surface area contributed by atoms with Crippen molar-refractivity contribution in [2.75, 3.05) is 6.61 Å². The van der Waals surface area contributed by atoms with E-state index in [1.165, 1.54) is 51.4 Å². The Bertz CT molecular complexity index is 243. The van der Waals surface area contributed by atoms with Crippen molar-refractivity contribution >= 4 is 0 Å². The molecule has 0 aromatic heterocycles. The zero-order valence-corrected chi connectivity index (χ0v) is 12.5. The fourth-order valence-corrected chi connectivity index (χ4v) is 4.11. The molecule has 2 rings (SSSR count). The summed E-state index contributed by atoms with van der Waals surface area (Å²) in [7, 11) is 0. The van der Waals surface area contributed by atoms with Crippen molar-refractivity contribution in [1.29, 1.82) is 0 Å². The Balaban J connectivity index is 1.98. The molecule has 0 bridgehead atoms. The Morgan fingerprint density at radius 1 is 1.11 bits per heavy atom. The van der Waals surface area contributed by atoms with Gasteiger partial charge in [-0.15, -0.1) is 0 Å². The third kappa shape index (κ3) is 2.60. The van der Waals surface area contributed by atoms with Gasteiger partial charge in [0.15, 0.2) is 0 Å². The van der Waals surface area contributed by atoms with E-state index in [1.54, 1.807) is 0 Å². The van der Waals surface area contributed by atoms with Gasteiger partial charge in [0, 0.05) is 24.1 Å². The van der Waals surface area contributed by atoms with Crippen LogP contribution in [0.3, 0.4) is 0 Å². The first-order valence-corrected chi connectivity index (χ1v) is 8.14. The second kappa shape index (κ2) is 6.38. The first-order chi connectivity index (χ1) is 8.76. The average molecular weight is 253 g/mol. The van der Waals surface area contributed by atoms with E-state index in [9.17, 15) is 0 Å². The Morgan fingerprint density at radius 2 is 1.78 bits per heavy atom. The molecular weight excluding hydrogens is 222 g/mol. The van der Waals surface area contributed by atoms with Crippen molar-refractivity contribution in [3.63, 3.8) is 0 Å². The molecule has 0 aliphatic heterocycles. The lowest BCUT2D eigenvalue weighted by Crippen LogP contribution is -2.65. The smallest absolute Gasteiger partial charge is 0.0661 e. The normalized spacial score (nSPS) is 30.7. The van der Waals surface area contributed by atoms with Crippen LogP contribution in [0.5, 0.6) is 0 Å². The van der Waals surface area contributed by atoms with Gasteiger partial charge >= 0.3 is 0 Å². The third-order valence-corrected chi connectivity index (χ3v) is 5.36. The van der Waals surface area contributed by atoms with Crippen molar-refractivity contribution < 1.29 is 4.74 Å². The van der Waals surface area contributed by atoms with E-state index >= 15 is 0 Å². The van der Waals surface area contributed by atoms with Crippen molar-refractivity contribution in [3.8, 4) is 0 Å². The van der Waals surface area contributed by atoms with Gasteiger partial charge in [0.1, 0.15) is 0 Å². The number of hydrogen-bond donors (Lipinski definition) is 1. The molecule has 0 heterocycles. The molecule has 0 aromatic rings. The van der Waals surface area contributed by atoms with Gasteiger partial charge in [0.25, 0.3) is 0 Å². The molecule has 2 aliphatic rings. The predicted octanol–water partition coefficient (Wildman–Crippen LogP) is 3.89. The SMILES string of the molecule is CCOC1CC(NC(CC)CC)C12CCCCC2. The maximum Gasteiger partial charge on any atom is 0.0661 e. The maximum absolute atomic E-state index is 6.01. The molecule has 2 heteroatoms. The zero-order chi connectivity index (χ0) is 13.0. The second-order valence-corrected chi connectivity index (χ2v) is 6.21. The molecule has 2 aliphatic carbocycles. The van der Waals surface area contributed by atoms with Crippen LogP contribution in [0.25, 0.3) is 0 Å². The van der Waals surface area contributed by atoms with Crippen LogP contribution in [-0.2, 0) is 4.74 Å². The Labute approximate surface area is 113 Å².